The van der Waals surface area contributed by atoms with Crippen molar-refractivity contribution >= 4 is 33.2 Å². The van der Waals surface area contributed by atoms with Crippen molar-refractivity contribution in [1.29, 1.82) is 0 Å². The van der Waals surface area contributed by atoms with E-state index in [1.165, 1.54) is 24.5 Å². The molecule has 120 valence electrons. The lowest BCUT2D eigenvalue weighted by molar-refractivity contribution is -0.120. The third-order valence-electron chi connectivity index (χ3n) is 3.03. The first-order valence-electron chi connectivity index (χ1n) is 6.44. The first-order chi connectivity index (χ1) is 10.2. The Hall–Kier alpha value is -1.71. The Kier molecular flexibility index (Phi) is 4.41. The third-order valence-corrected chi connectivity index (χ3v) is 5.23. The van der Waals surface area contributed by atoms with Crippen LogP contribution in [0.2, 0.25) is 0 Å². The number of nitrogens with zero attached hydrogens (tertiary/aromatic N) is 2. The average molecular weight is 343 g/mol. The molecule has 0 bridgehead atoms. The summed E-state index contributed by atoms with van der Waals surface area (Å²) >= 11 is 1.33. The first-order valence-corrected chi connectivity index (χ1v) is 8.72. The molecule has 1 aliphatic rings. The van der Waals surface area contributed by atoms with Gasteiger partial charge in [0.1, 0.15) is 5.70 Å². The quantitative estimate of drug-likeness (QED) is 0.831. The third kappa shape index (κ3) is 3.37. The number of nitrogens with one attached hydrogen (secondary N) is 1. The van der Waals surface area contributed by atoms with E-state index in [1.807, 2.05) is 0 Å². The van der Waals surface area contributed by atoms with Gasteiger partial charge in [0.15, 0.2) is 0 Å². The molecule has 0 spiro atoms. The van der Waals surface area contributed by atoms with Gasteiger partial charge in [-0.15, -0.1) is 15.7 Å². The van der Waals surface area contributed by atoms with Crippen LogP contribution in [0, 0.1) is 0 Å². The Morgan fingerprint density at radius 3 is 2.73 bits per heavy atom. The second kappa shape index (κ2) is 5.82. The van der Waals surface area contributed by atoms with Crippen LogP contribution in [0.4, 0.5) is 0 Å². The molecule has 2 heterocycles. The highest BCUT2D eigenvalue weighted by Crippen LogP contribution is 2.22. The summed E-state index contributed by atoms with van der Waals surface area (Å²) < 4.78 is 28.8. The molecule has 1 amide bonds. The molecule has 1 aromatic rings. The molecule has 2 rings (SSSR count). The number of aliphatic hydroxyl groups is 1. The van der Waals surface area contributed by atoms with E-state index in [1.54, 1.807) is 31.4 Å². The lowest BCUT2D eigenvalue weighted by Crippen LogP contribution is -2.49. The van der Waals surface area contributed by atoms with Gasteiger partial charge < -0.3 is 10.4 Å². The number of hydrogen-bond acceptors (Lipinski definition) is 5. The fourth-order valence-corrected chi connectivity index (χ4v) is 3.37. The zero-order valence-electron chi connectivity index (χ0n) is 12.4. The maximum absolute atomic E-state index is 12.3. The van der Waals surface area contributed by atoms with Gasteiger partial charge in [-0.3, -0.25) is 4.79 Å². The van der Waals surface area contributed by atoms with Gasteiger partial charge in [0.2, 0.25) is 0 Å². The van der Waals surface area contributed by atoms with Crippen molar-refractivity contribution < 1.29 is 18.3 Å². The molecule has 7 nitrogen and oxygen atoms in total. The van der Waals surface area contributed by atoms with Gasteiger partial charge in [-0.2, -0.15) is 8.42 Å². The minimum absolute atomic E-state index is 0.0417. The molecule has 0 aliphatic carbocycles. The summed E-state index contributed by atoms with van der Waals surface area (Å²) in [7, 11) is -2.69. The van der Waals surface area contributed by atoms with Gasteiger partial charge in [0.25, 0.3) is 5.91 Å². The second-order valence-electron chi connectivity index (χ2n) is 5.42. The van der Waals surface area contributed by atoms with Crippen LogP contribution in [0.1, 0.15) is 18.7 Å². The summed E-state index contributed by atoms with van der Waals surface area (Å²) in [6, 6.07) is 3.50. The molecule has 0 atom stereocenters. The predicted octanol–water partition coefficient (Wildman–Crippen LogP) is 0.498. The van der Waals surface area contributed by atoms with Crippen molar-refractivity contribution in [1.82, 2.24) is 9.62 Å². The summed E-state index contributed by atoms with van der Waals surface area (Å²) in [6.07, 6.45) is 1.43. The van der Waals surface area contributed by atoms with Crippen LogP contribution < -0.4 is 5.32 Å². The van der Waals surface area contributed by atoms with Crippen LogP contribution in [-0.4, -0.2) is 48.6 Å². The van der Waals surface area contributed by atoms with Crippen molar-refractivity contribution in [3.8, 4) is 0 Å². The van der Waals surface area contributed by atoms with Crippen molar-refractivity contribution in [3.05, 3.63) is 34.2 Å². The first kappa shape index (κ1) is 16.7. The minimum Gasteiger partial charge on any atom is -0.394 e. The molecule has 0 unspecified atom stereocenters. The van der Waals surface area contributed by atoms with E-state index in [9.17, 15) is 18.3 Å². The second-order valence-corrected chi connectivity index (χ2v) is 8.00. The van der Waals surface area contributed by atoms with Crippen molar-refractivity contribution in [2.45, 2.75) is 19.4 Å². The number of carbonyl (C=O) groups excluding carboxylic acids is 1. The number of amides is 1. The Bertz CT molecular complexity index is 733. The highest BCUT2D eigenvalue weighted by molar-refractivity contribution is 7.88. The molecule has 0 radical (unpaired) electrons. The molecule has 0 saturated heterocycles. The molecular formula is C13H17N3O4S2. The minimum atomic E-state index is -3.96. The van der Waals surface area contributed by atoms with E-state index < -0.39 is 21.7 Å². The maximum atomic E-state index is 12.3. The van der Waals surface area contributed by atoms with Gasteiger partial charge in [-0.25, -0.2) is 4.31 Å². The molecule has 1 aromatic heterocycles. The van der Waals surface area contributed by atoms with Crippen LogP contribution >= 0.6 is 11.3 Å². The standard InChI is InChI=1S/C13H17N3O4S2/c1-13(2,8-17)14-12(18)10-7-9(11-5-4-6-21-11)15-22(19,20)16(10)3/h4-7,17H,8H2,1-3H3,(H,14,18). The van der Waals surface area contributed by atoms with E-state index in [0.29, 0.717) is 4.88 Å². The van der Waals surface area contributed by atoms with Gasteiger partial charge in [-0.1, -0.05) is 6.07 Å². The normalized spacial score (nSPS) is 17.7. The Labute approximate surface area is 133 Å². The van der Waals surface area contributed by atoms with Gasteiger partial charge in [-0.05, 0) is 31.4 Å². The van der Waals surface area contributed by atoms with Crippen LogP contribution in [0.3, 0.4) is 0 Å². The number of rotatable bonds is 4. The van der Waals surface area contributed by atoms with Crippen LogP contribution in [-0.2, 0) is 15.0 Å². The summed E-state index contributed by atoms with van der Waals surface area (Å²) in [6.45, 7) is 3.00. The fourth-order valence-electron chi connectivity index (χ4n) is 1.72. The number of aliphatic hydroxyl groups excluding tert-OH is 1. The van der Waals surface area contributed by atoms with E-state index in [-0.39, 0.29) is 18.0 Å². The molecule has 0 saturated carbocycles. The summed E-state index contributed by atoms with van der Waals surface area (Å²) in [5, 5.41) is 13.6. The average Bonchev–Trinajstić information content (AvgIpc) is 2.95. The monoisotopic (exact) mass is 343 g/mol. The zero-order valence-corrected chi connectivity index (χ0v) is 14.0. The Balaban J connectivity index is 2.41. The fraction of sp³-hybridized carbons (Fsp3) is 0.385. The molecular weight excluding hydrogens is 326 g/mol. The predicted molar refractivity (Wildman–Crippen MR) is 84.9 cm³/mol. The zero-order chi connectivity index (χ0) is 16.5. The lowest BCUT2D eigenvalue weighted by Gasteiger charge is -2.28. The molecule has 9 heteroatoms. The van der Waals surface area contributed by atoms with E-state index in [4.69, 9.17) is 0 Å². The number of allylic oxidation sites excluding steroid dienone is 1. The summed E-state index contributed by atoms with van der Waals surface area (Å²) in [5.41, 5.74) is -0.680. The summed E-state index contributed by atoms with van der Waals surface area (Å²) in [5.74, 6) is -0.589. The molecule has 0 aromatic carbocycles. The number of hydrogen-bond donors (Lipinski definition) is 2. The highest BCUT2D eigenvalue weighted by Gasteiger charge is 2.32. The molecule has 1 aliphatic heterocycles. The van der Waals surface area contributed by atoms with Crippen molar-refractivity contribution in [2.24, 2.45) is 4.40 Å². The Morgan fingerprint density at radius 1 is 1.50 bits per heavy atom. The smallest absolute Gasteiger partial charge is 0.345 e. The molecule has 22 heavy (non-hydrogen) atoms. The Morgan fingerprint density at radius 2 is 2.18 bits per heavy atom. The van der Waals surface area contributed by atoms with Crippen LogP contribution in [0.25, 0.3) is 0 Å². The van der Waals surface area contributed by atoms with Gasteiger partial charge in [0, 0.05) is 7.05 Å². The van der Waals surface area contributed by atoms with Crippen LogP contribution in [0.5, 0.6) is 0 Å². The lowest BCUT2D eigenvalue weighted by atomic mass is 10.1. The number of likely N-dealkylation sites (N-methyl/N-ethyl adjacent to an activating group) is 1. The SMILES string of the molecule is CN1C(C(=O)NC(C)(C)CO)=CC(c2cccs2)=NS1(=O)=O. The van der Waals surface area contributed by atoms with E-state index in [0.717, 1.165) is 4.31 Å². The summed E-state index contributed by atoms with van der Waals surface area (Å²) in [4.78, 5) is 13.0. The topological polar surface area (TPSA) is 99.1 Å². The van der Waals surface area contributed by atoms with Crippen molar-refractivity contribution in [2.75, 3.05) is 13.7 Å². The van der Waals surface area contributed by atoms with Crippen molar-refractivity contribution in [3.63, 3.8) is 0 Å². The molecule has 2 N–H and O–H groups in total. The highest BCUT2D eigenvalue weighted by atomic mass is 32.2. The van der Waals surface area contributed by atoms with Gasteiger partial charge >= 0.3 is 10.2 Å². The molecule has 0 fully saturated rings. The maximum Gasteiger partial charge on any atom is 0.345 e. The van der Waals surface area contributed by atoms with Gasteiger partial charge in [0.05, 0.1) is 22.7 Å². The largest absolute Gasteiger partial charge is 0.394 e. The van der Waals surface area contributed by atoms with E-state index >= 15 is 0 Å². The number of carbonyl (C=O) groups is 1. The van der Waals surface area contributed by atoms with Crippen LogP contribution in [0.15, 0.2) is 33.7 Å². The number of thiophene rings is 1. The van der Waals surface area contributed by atoms with E-state index in [2.05, 4.69) is 9.71 Å².